The Balaban J connectivity index is 1.86. The lowest BCUT2D eigenvalue weighted by atomic mass is 9.84. The average molecular weight is 361 g/mol. The van der Waals surface area contributed by atoms with E-state index in [2.05, 4.69) is 53.5 Å². The highest BCUT2D eigenvalue weighted by atomic mass is 32.1. The minimum atomic E-state index is -0.0431. The van der Waals surface area contributed by atoms with Crippen LogP contribution in [0.3, 0.4) is 0 Å². The third-order valence-corrected chi connectivity index (χ3v) is 5.05. The van der Waals surface area contributed by atoms with Crippen molar-refractivity contribution in [1.82, 2.24) is 15.6 Å². The Bertz CT molecular complexity index is 709. The second kappa shape index (κ2) is 8.85. The van der Waals surface area contributed by atoms with Crippen LogP contribution in [0, 0.1) is 6.92 Å². The molecule has 0 aliphatic heterocycles. The van der Waals surface area contributed by atoms with Crippen molar-refractivity contribution in [2.24, 2.45) is 4.99 Å². The maximum atomic E-state index is 5.33. The maximum Gasteiger partial charge on any atom is 0.191 e. The zero-order valence-corrected chi connectivity index (χ0v) is 16.5. The van der Waals surface area contributed by atoms with E-state index >= 15 is 0 Å². The van der Waals surface area contributed by atoms with E-state index in [4.69, 9.17) is 4.74 Å². The van der Waals surface area contributed by atoms with Crippen LogP contribution in [0.25, 0.3) is 0 Å². The van der Waals surface area contributed by atoms with Crippen LogP contribution in [0.1, 0.15) is 29.3 Å². The van der Waals surface area contributed by atoms with Crippen LogP contribution < -0.4 is 15.4 Å². The topological polar surface area (TPSA) is 58.5 Å². The molecule has 0 aliphatic carbocycles. The number of hydrogen-bond acceptors (Lipinski definition) is 4. The van der Waals surface area contributed by atoms with E-state index in [1.807, 2.05) is 18.3 Å². The van der Waals surface area contributed by atoms with Gasteiger partial charge in [-0.05, 0) is 24.6 Å². The summed E-state index contributed by atoms with van der Waals surface area (Å²) in [5.41, 5.74) is 1.19. The summed E-state index contributed by atoms with van der Waals surface area (Å²) in [7, 11) is 3.49. The molecule has 0 aliphatic rings. The van der Waals surface area contributed by atoms with Crippen LogP contribution in [0.5, 0.6) is 5.75 Å². The van der Waals surface area contributed by atoms with Crippen LogP contribution >= 0.6 is 11.3 Å². The van der Waals surface area contributed by atoms with Crippen LogP contribution in [0.2, 0.25) is 0 Å². The molecule has 0 saturated heterocycles. The monoisotopic (exact) mass is 360 g/mol. The quantitative estimate of drug-likeness (QED) is 0.588. The average Bonchev–Trinajstić information content (AvgIpc) is 3.03. The van der Waals surface area contributed by atoms with Crippen molar-refractivity contribution in [1.29, 1.82) is 0 Å². The number of benzene rings is 1. The molecule has 2 rings (SSSR count). The molecule has 0 saturated carbocycles. The fourth-order valence-electron chi connectivity index (χ4n) is 2.48. The molecule has 5 nitrogen and oxygen atoms in total. The van der Waals surface area contributed by atoms with E-state index < -0.39 is 0 Å². The lowest BCUT2D eigenvalue weighted by Gasteiger charge is -2.27. The Labute approximate surface area is 154 Å². The number of ether oxygens (including phenoxy) is 1. The second-order valence-electron chi connectivity index (χ2n) is 6.58. The van der Waals surface area contributed by atoms with E-state index in [0.717, 1.165) is 36.2 Å². The summed E-state index contributed by atoms with van der Waals surface area (Å²) in [6.45, 7) is 8.08. The fraction of sp³-hybridized carbons (Fsp3) is 0.474. The van der Waals surface area contributed by atoms with Gasteiger partial charge in [0.05, 0.1) is 12.1 Å². The predicted molar refractivity (Wildman–Crippen MR) is 106 cm³/mol. The molecule has 1 aromatic carbocycles. The molecule has 0 bridgehead atoms. The molecule has 0 amide bonds. The highest BCUT2D eigenvalue weighted by Crippen LogP contribution is 2.25. The maximum absolute atomic E-state index is 5.33. The smallest absolute Gasteiger partial charge is 0.191 e. The summed E-state index contributed by atoms with van der Waals surface area (Å²) in [4.78, 5) is 9.94. The van der Waals surface area contributed by atoms with Gasteiger partial charge in [-0.15, -0.1) is 11.3 Å². The van der Waals surface area contributed by atoms with Gasteiger partial charge in [-0.2, -0.15) is 0 Å². The summed E-state index contributed by atoms with van der Waals surface area (Å²) in [6.07, 6.45) is 2.82. The standard InChI is InChI=1S/C19H28N4OS/c1-14-12-22-17(25-14)9-10-21-18(20-4)23-13-19(2,3)15-7-6-8-16(11-15)24-5/h6-8,11-12H,9-10,13H2,1-5H3,(H2,20,21,23). The molecule has 25 heavy (non-hydrogen) atoms. The Morgan fingerprint density at radius 3 is 2.76 bits per heavy atom. The molecule has 2 N–H and O–H groups in total. The van der Waals surface area contributed by atoms with Gasteiger partial charge in [0.25, 0.3) is 0 Å². The molecule has 136 valence electrons. The molecule has 0 spiro atoms. The van der Waals surface area contributed by atoms with Crippen molar-refractivity contribution in [3.63, 3.8) is 0 Å². The van der Waals surface area contributed by atoms with Crippen LogP contribution in [-0.4, -0.2) is 38.2 Å². The lowest BCUT2D eigenvalue weighted by Crippen LogP contribution is -2.44. The summed E-state index contributed by atoms with van der Waals surface area (Å²) in [6, 6.07) is 8.21. The van der Waals surface area contributed by atoms with Gasteiger partial charge in [0, 0.05) is 43.0 Å². The van der Waals surface area contributed by atoms with Crippen molar-refractivity contribution in [3.8, 4) is 5.75 Å². The van der Waals surface area contributed by atoms with Gasteiger partial charge in [-0.3, -0.25) is 4.99 Å². The molecule has 0 atom stereocenters. The van der Waals surface area contributed by atoms with Crippen molar-refractivity contribution < 1.29 is 4.74 Å². The van der Waals surface area contributed by atoms with Crippen LogP contribution in [0.4, 0.5) is 0 Å². The lowest BCUT2D eigenvalue weighted by molar-refractivity contribution is 0.411. The molecule has 0 fully saturated rings. The van der Waals surface area contributed by atoms with Gasteiger partial charge >= 0.3 is 0 Å². The molecular formula is C19H28N4OS. The summed E-state index contributed by atoms with van der Waals surface area (Å²) in [5, 5.41) is 7.92. The number of methoxy groups -OCH3 is 1. The molecule has 0 unspecified atom stereocenters. The van der Waals surface area contributed by atoms with E-state index in [1.54, 1.807) is 25.5 Å². The normalized spacial score (nSPS) is 12.1. The molecular weight excluding hydrogens is 332 g/mol. The van der Waals surface area contributed by atoms with Gasteiger partial charge in [0.15, 0.2) is 5.96 Å². The first-order valence-electron chi connectivity index (χ1n) is 8.45. The minimum Gasteiger partial charge on any atom is -0.497 e. The Kier molecular flexibility index (Phi) is 6.82. The zero-order chi connectivity index (χ0) is 18.3. The predicted octanol–water partition coefficient (Wildman–Crippen LogP) is 3.15. The number of nitrogens with zero attached hydrogens (tertiary/aromatic N) is 2. The van der Waals surface area contributed by atoms with Crippen molar-refractivity contribution in [2.45, 2.75) is 32.6 Å². The van der Waals surface area contributed by atoms with Crippen molar-refractivity contribution >= 4 is 17.3 Å². The number of aryl methyl sites for hydroxylation is 1. The van der Waals surface area contributed by atoms with Crippen molar-refractivity contribution in [2.75, 3.05) is 27.2 Å². The van der Waals surface area contributed by atoms with Crippen LogP contribution in [-0.2, 0) is 11.8 Å². The van der Waals surface area contributed by atoms with E-state index in [0.29, 0.717) is 0 Å². The largest absolute Gasteiger partial charge is 0.497 e. The first-order valence-corrected chi connectivity index (χ1v) is 9.26. The second-order valence-corrected chi connectivity index (χ2v) is 7.90. The highest BCUT2D eigenvalue weighted by Gasteiger charge is 2.21. The molecule has 1 heterocycles. The Morgan fingerprint density at radius 2 is 2.12 bits per heavy atom. The van der Waals surface area contributed by atoms with Gasteiger partial charge in [0.1, 0.15) is 5.75 Å². The third-order valence-electron chi connectivity index (χ3n) is 4.07. The van der Waals surface area contributed by atoms with E-state index in [1.165, 1.54) is 10.4 Å². The number of nitrogens with one attached hydrogen (secondary N) is 2. The summed E-state index contributed by atoms with van der Waals surface area (Å²) >= 11 is 1.74. The Morgan fingerprint density at radius 1 is 1.32 bits per heavy atom. The summed E-state index contributed by atoms with van der Waals surface area (Å²) < 4.78 is 5.33. The highest BCUT2D eigenvalue weighted by molar-refractivity contribution is 7.11. The van der Waals surface area contributed by atoms with Crippen LogP contribution in [0.15, 0.2) is 35.5 Å². The fourth-order valence-corrected chi connectivity index (χ4v) is 3.26. The molecule has 0 radical (unpaired) electrons. The first-order chi connectivity index (χ1) is 11.9. The third kappa shape index (κ3) is 5.74. The van der Waals surface area contributed by atoms with E-state index in [-0.39, 0.29) is 5.41 Å². The number of aromatic nitrogens is 1. The zero-order valence-electron chi connectivity index (χ0n) is 15.7. The van der Waals surface area contributed by atoms with Gasteiger partial charge < -0.3 is 15.4 Å². The van der Waals surface area contributed by atoms with E-state index in [9.17, 15) is 0 Å². The number of thiazole rings is 1. The Hall–Kier alpha value is -2.08. The number of rotatable bonds is 7. The van der Waals surface area contributed by atoms with Gasteiger partial charge in [-0.25, -0.2) is 4.98 Å². The van der Waals surface area contributed by atoms with Crippen molar-refractivity contribution in [3.05, 3.63) is 45.9 Å². The van der Waals surface area contributed by atoms with Gasteiger partial charge in [-0.1, -0.05) is 26.0 Å². The SMILES string of the molecule is CN=C(NCCc1ncc(C)s1)NCC(C)(C)c1cccc(OC)c1. The first kappa shape index (κ1) is 19.2. The molecule has 2 aromatic rings. The number of guanidine groups is 1. The molecule has 6 heteroatoms. The number of aliphatic imine (C=N–C) groups is 1. The van der Waals surface area contributed by atoms with Gasteiger partial charge in [0.2, 0.25) is 0 Å². The minimum absolute atomic E-state index is 0.0431. The molecule has 1 aromatic heterocycles. The number of hydrogen-bond donors (Lipinski definition) is 2. The summed E-state index contributed by atoms with van der Waals surface area (Å²) in [5.74, 6) is 1.69.